The number of phenols is 1. The van der Waals surface area contributed by atoms with Crippen LogP contribution in [0.15, 0.2) is 35.1 Å². The maximum atomic E-state index is 14.5. The van der Waals surface area contributed by atoms with Gasteiger partial charge in [0.15, 0.2) is 6.17 Å². The van der Waals surface area contributed by atoms with Crippen LogP contribution in [-0.2, 0) is 0 Å². The molecular weight excluding hydrogens is 384 g/mol. The van der Waals surface area contributed by atoms with E-state index < -0.39 is 18.1 Å². The summed E-state index contributed by atoms with van der Waals surface area (Å²) < 4.78 is 39.6. The number of piperidine rings is 1. The van der Waals surface area contributed by atoms with Gasteiger partial charge in [-0.15, -0.1) is 20.4 Å². The number of aromatic hydroxyl groups is 1. The average molecular weight is 401 g/mol. The molecule has 10 heteroatoms. The molecule has 1 aromatic carbocycles. The van der Waals surface area contributed by atoms with Crippen molar-refractivity contribution in [1.82, 2.24) is 25.7 Å². The molecule has 4 heterocycles. The third kappa shape index (κ3) is 3.29. The molecule has 2 aliphatic heterocycles. The van der Waals surface area contributed by atoms with Crippen LogP contribution in [0.4, 0.5) is 8.78 Å². The van der Waals surface area contributed by atoms with Crippen LogP contribution in [-0.4, -0.2) is 49.9 Å². The van der Waals surface area contributed by atoms with Crippen LogP contribution < -0.4 is 10.1 Å². The van der Waals surface area contributed by atoms with E-state index in [2.05, 4.69) is 25.7 Å². The number of phenolic OH excluding ortho intramolecular Hbond substituents is 1. The second-order valence-corrected chi connectivity index (χ2v) is 7.23. The zero-order chi connectivity index (χ0) is 20.0. The monoisotopic (exact) mass is 401 g/mol. The van der Waals surface area contributed by atoms with Gasteiger partial charge >= 0.3 is 0 Å². The second-order valence-electron chi connectivity index (χ2n) is 7.23. The number of fused-ring (bicyclic) bond motifs is 2. The Kier molecular flexibility index (Phi) is 4.35. The summed E-state index contributed by atoms with van der Waals surface area (Å²) in [4.78, 5) is 0. The zero-order valence-corrected chi connectivity index (χ0v) is 15.1. The molecule has 150 valence electrons. The molecule has 2 bridgehead atoms. The van der Waals surface area contributed by atoms with Gasteiger partial charge in [-0.1, -0.05) is 0 Å². The number of hydrogen-bond donors (Lipinski definition) is 2. The third-order valence-corrected chi connectivity index (χ3v) is 5.40. The van der Waals surface area contributed by atoms with E-state index >= 15 is 0 Å². The highest BCUT2D eigenvalue weighted by atomic mass is 19.1. The van der Waals surface area contributed by atoms with E-state index in [0.29, 0.717) is 6.42 Å². The van der Waals surface area contributed by atoms with E-state index in [9.17, 15) is 13.9 Å². The van der Waals surface area contributed by atoms with Crippen molar-refractivity contribution >= 4 is 0 Å². The molecular formula is C19H17F2N5O3. The fourth-order valence-electron chi connectivity index (χ4n) is 3.97. The highest BCUT2D eigenvalue weighted by molar-refractivity contribution is 5.71. The van der Waals surface area contributed by atoms with Crippen LogP contribution in [0.2, 0.25) is 0 Å². The van der Waals surface area contributed by atoms with Crippen molar-refractivity contribution < 1.29 is 23.0 Å². The van der Waals surface area contributed by atoms with Crippen molar-refractivity contribution in [3.63, 3.8) is 0 Å². The summed E-state index contributed by atoms with van der Waals surface area (Å²) in [5.74, 6) is -0.739. The number of ether oxygens (including phenoxy) is 1. The first-order valence-corrected chi connectivity index (χ1v) is 9.28. The van der Waals surface area contributed by atoms with Crippen LogP contribution in [0, 0.1) is 5.82 Å². The Morgan fingerprint density at radius 3 is 2.79 bits per heavy atom. The number of nitrogens with one attached hydrogen (secondary N) is 1. The lowest BCUT2D eigenvalue weighted by molar-refractivity contribution is 0.0422. The van der Waals surface area contributed by atoms with Crippen molar-refractivity contribution in [3.05, 3.63) is 36.5 Å². The molecule has 0 amide bonds. The molecule has 0 saturated carbocycles. The van der Waals surface area contributed by atoms with Crippen LogP contribution in [0.3, 0.4) is 0 Å². The SMILES string of the molecule is Oc1cc(-c2nnco2)c(F)cc1-c1ccc(O[C@@H]2C[C@H]3CC[C@H](N3)[C@@H]2F)nn1. The van der Waals surface area contributed by atoms with Crippen molar-refractivity contribution in [2.45, 2.75) is 43.6 Å². The van der Waals surface area contributed by atoms with Gasteiger partial charge in [-0.25, -0.2) is 8.78 Å². The Labute approximate surface area is 163 Å². The molecule has 0 aliphatic carbocycles. The van der Waals surface area contributed by atoms with Crippen LogP contribution in [0.1, 0.15) is 19.3 Å². The Morgan fingerprint density at radius 1 is 1.14 bits per heavy atom. The van der Waals surface area contributed by atoms with Gasteiger partial charge in [0.05, 0.1) is 11.3 Å². The van der Waals surface area contributed by atoms with E-state index in [1.165, 1.54) is 18.2 Å². The Morgan fingerprint density at radius 2 is 2.03 bits per heavy atom. The number of aromatic nitrogens is 4. The van der Waals surface area contributed by atoms with Gasteiger partial charge in [-0.2, -0.15) is 0 Å². The van der Waals surface area contributed by atoms with Gasteiger partial charge in [-0.3, -0.25) is 0 Å². The highest BCUT2D eigenvalue weighted by Gasteiger charge is 2.43. The van der Waals surface area contributed by atoms with E-state index in [1.54, 1.807) is 0 Å². The molecule has 2 saturated heterocycles. The van der Waals surface area contributed by atoms with Crippen LogP contribution in [0.5, 0.6) is 11.6 Å². The average Bonchev–Trinajstić information content (AvgIpc) is 3.39. The molecule has 0 radical (unpaired) electrons. The second kappa shape index (κ2) is 7.03. The number of benzene rings is 1. The molecule has 29 heavy (non-hydrogen) atoms. The van der Waals surface area contributed by atoms with Crippen molar-refractivity contribution in [3.8, 4) is 34.3 Å². The molecule has 8 nitrogen and oxygen atoms in total. The van der Waals surface area contributed by atoms with Gasteiger partial charge < -0.3 is 19.6 Å². The molecule has 2 N–H and O–H groups in total. The van der Waals surface area contributed by atoms with E-state index in [1.807, 2.05) is 0 Å². The summed E-state index contributed by atoms with van der Waals surface area (Å²) in [5, 5.41) is 28.6. The highest BCUT2D eigenvalue weighted by Crippen LogP contribution is 2.35. The van der Waals surface area contributed by atoms with Gasteiger partial charge in [0, 0.05) is 30.1 Å². The molecule has 0 unspecified atom stereocenters. The molecule has 4 atom stereocenters. The van der Waals surface area contributed by atoms with Crippen molar-refractivity contribution in [1.29, 1.82) is 0 Å². The Hall–Kier alpha value is -3.14. The zero-order valence-electron chi connectivity index (χ0n) is 15.1. The number of rotatable bonds is 4. The van der Waals surface area contributed by atoms with Gasteiger partial charge in [0.1, 0.15) is 17.7 Å². The molecule has 5 rings (SSSR count). The topological polar surface area (TPSA) is 106 Å². The first-order valence-electron chi connectivity index (χ1n) is 9.28. The summed E-state index contributed by atoms with van der Waals surface area (Å²) in [7, 11) is 0. The first-order chi connectivity index (χ1) is 14.1. The summed E-state index contributed by atoms with van der Waals surface area (Å²) >= 11 is 0. The van der Waals surface area contributed by atoms with Gasteiger partial charge in [0.25, 0.3) is 5.89 Å². The summed E-state index contributed by atoms with van der Waals surface area (Å²) in [6.07, 6.45) is 1.71. The number of alkyl halides is 1. The number of halogens is 2. The largest absolute Gasteiger partial charge is 0.507 e. The first kappa shape index (κ1) is 17.9. The normalized spacial score (nSPS) is 25.9. The third-order valence-electron chi connectivity index (χ3n) is 5.40. The molecule has 3 aromatic rings. The molecule has 2 aliphatic rings. The smallest absolute Gasteiger partial charge is 0.250 e. The van der Waals surface area contributed by atoms with Crippen LogP contribution in [0.25, 0.3) is 22.7 Å². The minimum Gasteiger partial charge on any atom is -0.507 e. The predicted octanol–water partition coefficient (Wildman–Crippen LogP) is 2.65. The Bertz CT molecular complexity index is 1020. The quantitative estimate of drug-likeness (QED) is 0.687. The summed E-state index contributed by atoms with van der Waals surface area (Å²) in [6.45, 7) is 0. The maximum absolute atomic E-state index is 14.5. The van der Waals surface area contributed by atoms with Crippen molar-refractivity contribution in [2.24, 2.45) is 0 Å². The summed E-state index contributed by atoms with van der Waals surface area (Å²) in [5.41, 5.74) is 0.368. The fraction of sp³-hybridized carbons (Fsp3) is 0.368. The Balaban J connectivity index is 1.36. The lowest BCUT2D eigenvalue weighted by Crippen LogP contribution is -2.51. The van der Waals surface area contributed by atoms with E-state index in [-0.39, 0.29) is 46.4 Å². The minimum atomic E-state index is -1.11. The summed E-state index contributed by atoms with van der Waals surface area (Å²) in [6, 6.07) is 5.45. The van der Waals surface area contributed by atoms with Crippen LogP contribution >= 0.6 is 0 Å². The minimum absolute atomic E-state index is 0.0220. The number of nitrogens with zero attached hydrogens (tertiary/aromatic N) is 4. The van der Waals surface area contributed by atoms with E-state index in [4.69, 9.17) is 9.15 Å². The van der Waals surface area contributed by atoms with E-state index in [0.717, 1.165) is 25.3 Å². The lowest BCUT2D eigenvalue weighted by atomic mass is 10.0. The molecule has 0 spiro atoms. The lowest BCUT2D eigenvalue weighted by Gasteiger charge is -2.32. The molecule has 2 aromatic heterocycles. The van der Waals surface area contributed by atoms with Gasteiger partial charge in [0.2, 0.25) is 12.3 Å². The van der Waals surface area contributed by atoms with Crippen molar-refractivity contribution in [2.75, 3.05) is 0 Å². The predicted molar refractivity (Wildman–Crippen MR) is 96.3 cm³/mol. The van der Waals surface area contributed by atoms with Gasteiger partial charge in [-0.05, 0) is 31.0 Å². The molecule has 2 fully saturated rings. The fourth-order valence-corrected chi connectivity index (χ4v) is 3.97. The number of hydrogen-bond acceptors (Lipinski definition) is 8. The maximum Gasteiger partial charge on any atom is 0.250 e. The standard InChI is InChI=1S/C19H17F2N5O3/c20-12-6-11(15(27)7-10(12)19-26-22-8-28-19)13-3-4-17(25-24-13)29-16-5-9-1-2-14(23-9)18(16)21/h3-4,6-9,14,16,18,23,27H,1-2,5H2/t9-,14+,16-,18+/m1/s1.